The number of rotatable bonds is 7. The minimum absolute atomic E-state index is 0.0220. The maximum atomic E-state index is 12.2. The summed E-state index contributed by atoms with van der Waals surface area (Å²) in [5, 5.41) is 12.2. The Bertz CT molecular complexity index is 1150. The minimum atomic E-state index is -0.283. The van der Waals surface area contributed by atoms with Gasteiger partial charge in [0, 0.05) is 16.6 Å². The van der Waals surface area contributed by atoms with E-state index in [-0.39, 0.29) is 35.5 Å². The van der Waals surface area contributed by atoms with Crippen molar-refractivity contribution in [3.05, 3.63) is 58.1 Å². The first kappa shape index (κ1) is 21.9. The monoisotopic (exact) mass is 482 g/mol. The lowest BCUT2D eigenvalue weighted by Gasteiger charge is -2.15. The van der Waals surface area contributed by atoms with Crippen LogP contribution in [0, 0.1) is 11.3 Å². The average Bonchev–Trinajstić information content (AvgIpc) is 2.76. The zero-order valence-electron chi connectivity index (χ0n) is 16.6. The fourth-order valence-electron chi connectivity index (χ4n) is 2.78. The number of nitrogens with two attached hydrogens (primary N) is 2. The molecule has 0 aliphatic rings. The average molecular weight is 483 g/mol. The lowest BCUT2D eigenvalue weighted by atomic mass is 10.1. The smallest absolute Gasteiger partial charge is 0.258 e. The first-order chi connectivity index (χ1) is 14.9. The summed E-state index contributed by atoms with van der Waals surface area (Å²) in [5.74, 6) is 0.309. The van der Waals surface area contributed by atoms with E-state index in [0.717, 1.165) is 5.56 Å². The molecule has 0 unspecified atom stereocenters. The van der Waals surface area contributed by atoms with Gasteiger partial charge in [-0.25, -0.2) is 4.98 Å². The van der Waals surface area contributed by atoms with E-state index in [1.165, 1.54) is 7.11 Å². The third-order valence-corrected chi connectivity index (χ3v) is 4.92. The summed E-state index contributed by atoms with van der Waals surface area (Å²) in [7, 11) is 1.46. The van der Waals surface area contributed by atoms with Crippen LogP contribution in [-0.4, -0.2) is 29.6 Å². The number of benzene rings is 2. The molecule has 2 aromatic carbocycles. The summed E-state index contributed by atoms with van der Waals surface area (Å²) in [6.07, 6.45) is 0. The fraction of sp³-hybridized carbons (Fsp3) is 0.143. The van der Waals surface area contributed by atoms with Gasteiger partial charge in [-0.15, -0.1) is 0 Å². The van der Waals surface area contributed by atoms with Crippen molar-refractivity contribution in [2.24, 2.45) is 0 Å². The van der Waals surface area contributed by atoms with Crippen molar-refractivity contribution in [3.63, 3.8) is 0 Å². The summed E-state index contributed by atoms with van der Waals surface area (Å²) < 4.78 is 11.6. The van der Waals surface area contributed by atoms with Crippen molar-refractivity contribution >= 4 is 33.6 Å². The number of aromatic nitrogens is 2. The van der Waals surface area contributed by atoms with Gasteiger partial charge in [0.1, 0.15) is 17.5 Å². The molecule has 1 heterocycles. The summed E-state index contributed by atoms with van der Waals surface area (Å²) in [6, 6.07) is 14.8. The Morgan fingerprint density at radius 2 is 1.94 bits per heavy atom. The number of carbonyl (C=O) groups excluding carboxylic acids is 1. The lowest BCUT2D eigenvalue weighted by Crippen LogP contribution is -2.28. The SMILES string of the molecule is COc1cc(-c2nc(N)nc(N)c2C#N)c(Br)cc1OCC(=O)NCc1ccccc1. The Labute approximate surface area is 187 Å². The molecule has 5 N–H and O–H groups in total. The molecule has 1 aromatic heterocycles. The lowest BCUT2D eigenvalue weighted by molar-refractivity contribution is -0.123. The van der Waals surface area contributed by atoms with Crippen LogP contribution in [0.1, 0.15) is 11.1 Å². The number of nitrogens with zero attached hydrogens (tertiary/aromatic N) is 3. The topological polar surface area (TPSA) is 149 Å². The molecule has 158 valence electrons. The van der Waals surface area contributed by atoms with Gasteiger partial charge in [0.25, 0.3) is 5.91 Å². The molecule has 1 amide bonds. The number of hydrogen-bond acceptors (Lipinski definition) is 8. The molecule has 9 nitrogen and oxygen atoms in total. The molecule has 0 saturated heterocycles. The molecule has 3 rings (SSSR count). The molecule has 31 heavy (non-hydrogen) atoms. The number of nitrogen functional groups attached to an aromatic ring is 2. The van der Waals surface area contributed by atoms with Gasteiger partial charge in [-0.05, 0) is 33.6 Å². The third kappa shape index (κ3) is 5.21. The zero-order chi connectivity index (χ0) is 22.4. The van der Waals surface area contributed by atoms with Crippen LogP contribution in [-0.2, 0) is 11.3 Å². The van der Waals surface area contributed by atoms with Gasteiger partial charge < -0.3 is 26.3 Å². The highest BCUT2D eigenvalue weighted by Crippen LogP contribution is 2.39. The van der Waals surface area contributed by atoms with E-state index in [0.29, 0.717) is 28.1 Å². The quantitative estimate of drug-likeness (QED) is 0.464. The van der Waals surface area contributed by atoms with Gasteiger partial charge in [-0.2, -0.15) is 10.2 Å². The Balaban J connectivity index is 1.79. The van der Waals surface area contributed by atoms with Crippen molar-refractivity contribution in [2.75, 3.05) is 25.2 Å². The van der Waals surface area contributed by atoms with Crippen LogP contribution in [0.3, 0.4) is 0 Å². The second kappa shape index (κ2) is 9.77. The molecule has 0 bridgehead atoms. The number of carbonyl (C=O) groups is 1. The maximum absolute atomic E-state index is 12.2. The molecular weight excluding hydrogens is 464 g/mol. The zero-order valence-corrected chi connectivity index (χ0v) is 18.1. The number of amides is 1. The van der Waals surface area contributed by atoms with E-state index in [2.05, 4.69) is 31.2 Å². The van der Waals surface area contributed by atoms with E-state index in [4.69, 9.17) is 20.9 Å². The summed E-state index contributed by atoms with van der Waals surface area (Å²) in [4.78, 5) is 20.1. The molecule has 0 radical (unpaired) electrons. The first-order valence-corrected chi connectivity index (χ1v) is 9.86. The van der Waals surface area contributed by atoms with Crippen LogP contribution in [0.4, 0.5) is 11.8 Å². The van der Waals surface area contributed by atoms with Crippen LogP contribution >= 0.6 is 15.9 Å². The Morgan fingerprint density at radius 3 is 2.61 bits per heavy atom. The molecule has 0 atom stereocenters. The van der Waals surface area contributed by atoms with E-state index in [1.807, 2.05) is 36.4 Å². The standard InChI is InChI=1S/C21H19BrN6O3/c1-30-16-7-13(19-14(9-23)20(24)28-21(25)27-19)15(22)8-17(16)31-11-18(29)26-10-12-5-3-2-4-6-12/h2-8H,10-11H2,1H3,(H,26,29)(H4,24,25,27,28). The van der Waals surface area contributed by atoms with Gasteiger partial charge in [-0.3, -0.25) is 4.79 Å². The van der Waals surface area contributed by atoms with E-state index in [9.17, 15) is 10.1 Å². The highest BCUT2D eigenvalue weighted by molar-refractivity contribution is 9.10. The Morgan fingerprint density at radius 1 is 1.19 bits per heavy atom. The van der Waals surface area contributed by atoms with Crippen molar-refractivity contribution in [1.29, 1.82) is 5.26 Å². The van der Waals surface area contributed by atoms with Crippen molar-refractivity contribution in [2.45, 2.75) is 6.54 Å². The molecule has 10 heteroatoms. The number of ether oxygens (including phenoxy) is 2. The predicted octanol–water partition coefficient (Wildman–Crippen LogP) is 2.65. The molecule has 0 saturated carbocycles. The molecule has 0 aliphatic heterocycles. The van der Waals surface area contributed by atoms with E-state index in [1.54, 1.807) is 12.1 Å². The second-order valence-electron chi connectivity index (χ2n) is 6.34. The highest BCUT2D eigenvalue weighted by atomic mass is 79.9. The van der Waals surface area contributed by atoms with Gasteiger partial charge in [0.05, 0.1) is 12.8 Å². The summed E-state index contributed by atoms with van der Waals surface area (Å²) in [6.45, 7) is 0.197. The second-order valence-corrected chi connectivity index (χ2v) is 7.19. The number of hydrogen-bond donors (Lipinski definition) is 3. The van der Waals surface area contributed by atoms with Crippen molar-refractivity contribution < 1.29 is 14.3 Å². The molecule has 3 aromatic rings. The van der Waals surface area contributed by atoms with Crippen LogP contribution in [0.25, 0.3) is 11.3 Å². The Hall–Kier alpha value is -3.84. The van der Waals surface area contributed by atoms with E-state index < -0.39 is 0 Å². The number of methoxy groups -OCH3 is 1. The van der Waals surface area contributed by atoms with Crippen LogP contribution in [0.2, 0.25) is 0 Å². The normalized spacial score (nSPS) is 10.2. The third-order valence-electron chi connectivity index (χ3n) is 4.27. The van der Waals surface area contributed by atoms with E-state index >= 15 is 0 Å². The van der Waals surface area contributed by atoms with Crippen LogP contribution in [0.15, 0.2) is 46.9 Å². The summed E-state index contributed by atoms with van der Waals surface area (Å²) in [5.41, 5.74) is 13.3. The van der Waals surface area contributed by atoms with Gasteiger partial charge in [0.2, 0.25) is 5.95 Å². The molecular formula is C21H19BrN6O3. The first-order valence-electron chi connectivity index (χ1n) is 9.07. The predicted molar refractivity (Wildman–Crippen MR) is 119 cm³/mol. The number of halogens is 1. The van der Waals surface area contributed by atoms with Crippen LogP contribution in [0.5, 0.6) is 11.5 Å². The molecule has 0 aliphatic carbocycles. The maximum Gasteiger partial charge on any atom is 0.258 e. The highest BCUT2D eigenvalue weighted by Gasteiger charge is 2.19. The number of nitriles is 1. The molecule has 0 fully saturated rings. The number of anilines is 2. The van der Waals surface area contributed by atoms with Crippen LogP contribution < -0.4 is 26.3 Å². The largest absolute Gasteiger partial charge is 0.493 e. The van der Waals surface area contributed by atoms with Gasteiger partial charge in [0.15, 0.2) is 18.1 Å². The fourth-order valence-corrected chi connectivity index (χ4v) is 3.29. The van der Waals surface area contributed by atoms with Gasteiger partial charge >= 0.3 is 0 Å². The van der Waals surface area contributed by atoms with Crippen molar-refractivity contribution in [1.82, 2.24) is 15.3 Å². The minimum Gasteiger partial charge on any atom is -0.493 e. The van der Waals surface area contributed by atoms with Gasteiger partial charge in [-0.1, -0.05) is 30.3 Å². The molecule has 0 spiro atoms. The van der Waals surface area contributed by atoms with Crippen molar-refractivity contribution in [3.8, 4) is 28.8 Å². The summed E-state index contributed by atoms with van der Waals surface area (Å²) >= 11 is 3.44. The number of nitrogens with one attached hydrogen (secondary N) is 1. The Kier molecular flexibility index (Phi) is 6.89.